The molecular formula is C21H26N6O. The van der Waals surface area contributed by atoms with Crippen LogP contribution in [0, 0.1) is 0 Å². The van der Waals surface area contributed by atoms with Gasteiger partial charge in [-0.1, -0.05) is 19.1 Å². The van der Waals surface area contributed by atoms with E-state index in [1.165, 1.54) is 0 Å². The van der Waals surface area contributed by atoms with E-state index in [-0.39, 0.29) is 5.91 Å². The van der Waals surface area contributed by atoms with Gasteiger partial charge in [0.05, 0.1) is 23.3 Å². The van der Waals surface area contributed by atoms with Gasteiger partial charge in [-0.2, -0.15) is 0 Å². The van der Waals surface area contributed by atoms with Gasteiger partial charge < -0.3 is 14.4 Å². The van der Waals surface area contributed by atoms with E-state index in [0.29, 0.717) is 26.1 Å². The van der Waals surface area contributed by atoms with Crippen LogP contribution in [-0.2, 0) is 30.7 Å². The van der Waals surface area contributed by atoms with Crippen LogP contribution in [0.2, 0.25) is 0 Å². The Labute approximate surface area is 165 Å². The molecule has 0 atom stereocenters. The second-order valence-corrected chi connectivity index (χ2v) is 7.35. The summed E-state index contributed by atoms with van der Waals surface area (Å²) in [4.78, 5) is 30.3. The third-order valence-electron chi connectivity index (χ3n) is 5.36. The van der Waals surface area contributed by atoms with Crippen LogP contribution in [-0.4, -0.2) is 51.0 Å². The van der Waals surface area contributed by atoms with Gasteiger partial charge in [0.2, 0.25) is 5.91 Å². The van der Waals surface area contributed by atoms with Crippen molar-refractivity contribution in [3.05, 3.63) is 47.7 Å². The Bertz CT molecular complexity index is 1010. The molecule has 2 aromatic heterocycles. The summed E-state index contributed by atoms with van der Waals surface area (Å²) in [6.07, 6.45) is 3.70. The molecule has 1 aliphatic heterocycles. The minimum absolute atomic E-state index is 0.162. The number of rotatable bonds is 5. The van der Waals surface area contributed by atoms with Gasteiger partial charge in [-0.25, -0.2) is 15.0 Å². The molecule has 0 aliphatic carbocycles. The second kappa shape index (κ2) is 7.58. The first-order valence-electron chi connectivity index (χ1n) is 9.80. The molecule has 1 aromatic carbocycles. The number of hydrogen-bond donors (Lipinski definition) is 0. The normalized spacial score (nSPS) is 13.6. The van der Waals surface area contributed by atoms with E-state index in [1.54, 1.807) is 6.33 Å². The molecule has 0 unspecified atom stereocenters. The molecular weight excluding hydrogens is 352 g/mol. The molecule has 0 N–H and O–H groups in total. The maximum atomic E-state index is 12.9. The summed E-state index contributed by atoms with van der Waals surface area (Å²) in [5.41, 5.74) is 4.21. The number of benzene rings is 1. The van der Waals surface area contributed by atoms with Crippen LogP contribution in [0.25, 0.3) is 11.0 Å². The highest BCUT2D eigenvalue weighted by molar-refractivity contribution is 5.78. The summed E-state index contributed by atoms with van der Waals surface area (Å²) in [6, 6.07) is 8.11. The van der Waals surface area contributed by atoms with Crippen LogP contribution in [0.5, 0.6) is 0 Å². The molecule has 3 heterocycles. The topological polar surface area (TPSA) is 67.2 Å². The molecule has 28 heavy (non-hydrogen) atoms. The number of carbonyl (C=O) groups excluding carboxylic acids is 1. The van der Waals surface area contributed by atoms with Crippen molar-refractivity contribution in [2.45, 2.75) is 39.3 Å². The van der Waals surface area contributed by atoms with Gasteiger partial charge in [0, 0.05) is 45.6 Å². The molecule has 7 nitrogen and oxygen atoms in total. The Morgan fingerprint density at radius 1 is 1.21 bits per heavy atom. The number of amides is 1. The number of anilines is 1. The first-order chi connectivity index (χ1) is 13.6. The molecule has 0 spiro atoms. The van der Waals surface area contributed by atoms with Gasteiger partial charge in [-0.05, 0) is 18.6 Å². The summed E-state index contributed by atoms with van der Waals surface area (Å²) in [7, 11) is 3.97. The van der Waals surface area contributed by atoms with Crippen molar-refractivity contribution < 1.29 is 4.79 Å². The number of aryl methyl sites for hydroxylation is 2. The Hall–Kier alpha value is -2.96. The molecule has 0 radical (unpaired) electrons. The zero-order chi connectivity index (χ0) is 19.7. The number of nitrogens with zero attached hydrogens (tertiary/aromatic N) is 6. The molecule has 1 aliphatic rings. The highest BCUT2D eigenvalue weighted by atomic mass is 16.2. The molecule has 3 aromatic rings. The smallest absolute Gasteiger partial charge is 0.224 e. The van der Waals surface area contributed by atoms with Crippen molar-refractivity contribution in [3.63, 3.8) is 0 Å². The van der Waals surface area contributed by atoms with Crippen molar-refractivity contribution in [1.29, 1.82) is 0 Å². The number of aromatic nitrogens is 4. The SMILES string of the molecule is CCc1nc2ccccc2n1CCC(=O)N1CCc2c(ncnc2N(C)C)C1. The standard InChI is InChI=1S/C21H26N6O/c1-4-19-24-16-7-5-6-8-18(16)27(19)12-10-20(28)26-11-9-15-17(13-26)22-14-23-21(15)25(2)3/h5-8,14H,4,9-13H2,1-3H3. The largest absolute Gasteiger partial charge is 0.362 e. The number of imidazole rings is 1. The first kappa shape index (κ1) is 18.4. The van der Waals surface area contributed by atoms with Gasteiger partial charge in [0.15, 0.2) is 0 Å². The van der Waals surface area contributed by atoms with Crippen molar-refractivity contribution in [3.8, 4) is 0 Å². The lowest BCUT2D eigenvalue weighted by Crippen LogP contribution is -2.37. The molecule has 1 amide bonds. The van der Waals surface area contributed by atoms with E-state index in [9.17, 15) is 4.79 Å². The van der Waals surface area contributed by atoms with Crippen LogP contribution in [0.4, 0.5) is 5.82 Å². The van der Waals surface area contributed by atoms with Crippen LogP contribution in [0.15, 0.2) is 30.6 Å². The first-order valence-corrected chi connectivity index (χ1v) is 9.80. The summed E-state index contributed by atoms with van der Waals surface area (Å²) in [5, 5.41) is 0. The zero-order valence-corrected chi connectivity index (χ0v) is 16.7. The van der Waals surface area contributed by atoms with Crippen molar-refractivity contribution in [2.75, 3.05) is 25.5 Å². The molecule has 4 rings (SSSR count). The Kier molecular flexibility index (Phi) is 4.98. The lowest BCUT2D eigenvalue weighted by atomic mass is 10.0. The van der Waals surface area contributed by atoms with Gasteiger partial charge >= 0.3 is 0 Å². The van der Waals surface area contributed by atoms with E-state index < -0.39 is 0 Å². The predicted molar refractivity (Wildman–Crippen MR) is 109 cm³/mol. The summed E-state index contributed by atoms with van der Waals surface area (Å²) >= 11 is 0. The average molecular weight is 378 g/mol. The molecule has 7 heteroatoms. The minimum atomic E-state index is 0.162. The fraction of sp³-hybridized carbons (Fsp3) is 0.429. The second-order valence-electron chi connectivity index (χ2n) is 7.35. The third-order valence-corrected chi connectivity index (χ3v) is 5.36. The van der Waals surface area contributed by atoms with Crippen LogP contribution < -0.4 is 4.90 Å². The number of carbonyl (C=O) groups is 1. The predicted octanol–water partition coefficient (Wildman–Crippen LogP) is 2.43. The van der Waals surface area contributed by atoms with Crippen molar-refractivity contribution >= 4 is 22.8 Å². The molecule has 0 saturated heterocycles. The average Bonchev–Trinajstić information content (AvgIpc) is 3.08. The Morgan fingerprint density at radius 2 is 2.04 bits per heavy atom. The molecule has 0 saturated carbocycles. The van der Waals surface area contributed by atoms with Gasteiger partial charge in [-0.3, -0.25) is 4.79 Å². The van der Waals surface area contributed by atoms with Gasteiger partial charge in [0.1, 0.15) is 18.0 Å². The lowest BCUT2D eigenvalue weighted by Gasteiger charge is -2.30. The third kappa shape index (κ3) is 3.32. The molecule has 0 bridgehead atoms. The van der Waals surface area contributed by atoms with Crippen LogP contribution >= 0.6 is 0 Å². The number of hydrogen-bond acceptors (Lipinski definition) is 5. The highest BCUT2D eigenvalue weighted by Gasteiger charge is 2.25. The van der Waals surface area contributed by atoms with Crippen molar-refractivity contribution in [2.24, 2.45) is 0 Å². The van der Waals surface area contributed by atoms with E-state index in [4.69, 9.17) is 4.98 Å². The maximum Gasteiger partial charge on any atom is 0.224 e. The summed E-state index contributed by atoms with van der Waals surface area (Å²) < 4.78 is 2.18. The highest BCUT2D eigenvalue weighted by Crippen LogP contribution is 2.25. The zero-order valence-electron chi connectivity index (χ0n) is 16.7. The molecule has 146 valence electrons. The van der Waals surface area contributed by atoms with Gasteiger partial charge in [-0.15, -0.1) is 0 Å². The monoisotopic (exact) mass is 378 g/mol. The van der Waals surface area contributed by atoms with Crippen LogP contribution in [0.1, 0.15) is 30.4 Å². The number of fused-ring (bicyclic) bond motifs is 2. The minimum Gasteiger partial charge on any atom is -0.362 e. The van der Waals surface area contributed by atoms with Crippen molar-refractivity contribution in [1.82, 2.24) is 24.4 Å². The summed E-state index contributed by atoms with van der Waals surface area (Å²) in [5.74, 6) is 2.14. The lowest BCUT2D eigenvalue weighted by molar-refractivity contribution is -0.132. The van der Waals surface area contributed by atoms with Gasteiger partial charge in [0.25, 0.3) is 0 Å². The Balaban J connectivity index is 1.48. The van der Waals surface area contributed by atoms with E-state index in [2.05, 4.69) is 27.5 Å². The number of para-hydroxylation sites is 2. The molecule has 0 fully saturated rings. The quantitative estimate of drug-likeness (QED) is 0.682. The maximum absolute atomic E-state index is 12.9. The van der Waals surface area contributed by atoms with Crippen LogP contribution in [0.3, 0.4) is 0 Å². The van der Waals surface area contributed by atoms with E-state index >= 15 is 0 Å². The Morgan fingerprint density at radius 3 is 2.82 bits per heavy atom. The summed E-state index contributed by atoms with van der Waals surface area (Å²) in [6.45, 7) is 4.02. The fourth-order valence-corrected chi connectivity index (χ4v) is 3.95. The fourth-order valence-electron chi connectivity index (χ4n) is 3.95. The van der Waals surface area contributed by atoms with E-state index in [0.717, 1.165) is 46.8 Å². The van der Waals surface area contributed by atoms with E-state index in [1.807, 2.05) is 42.1 Å².